The standard InChI is InChI=1S/C15H15N3O4/c1-21-12-6-4-11(5-7-12)9-17-18-14(19)10-16-15(20)13-3-2-8-22-13/h2-9H,10H2,1H3,(H,16,20)(H,18,19)/b17-9+. The van der Waals surface area contributed by atoms with Gasteiger partial charge in [-0.15, -0.1) is 0 Å². The predicted octanol–water partition coefficient (Wildman–Crippen LogP) is 1.17. The van der Waals surface area contributed by atoms with Crippen LogP contribution in [-0.4, -0.2) is 31.7 Å². The Kier molecular flexibility index (Phi) is 5.31. The number of amides is 2. The van der Waals surface area contributed by atoms with Crippen LogP contribution in [0.15, 0.2) is 52.2 Å². The van der Waals surface area contributed by atoms with Crippen LogP contribution in [0, 0.1) is 0 Å². The average molecular weight is 301 g/mol. The number of ether oxygens (including phenoxy) is 1. The van der Waals surface area contributed by atoms with E-state index in [9.17, 15) is 9.59 Å². The molecule has 0 radical (unpaired) electrons. The second-order valence-corrected chi connectivity index (χ2v) is 4.23. The third-order valence-corrected chi connectivity index (χ3v) is 2.67. The van der Waals surface area contributed by atoms with Gasteiger partial charge in [0.05, 0.1) is 26.1 Å². The van der Waals surface area contributed by atoms with Crippen molar-refractivity contribution < 1.29 is 18.7 Å². The van der Waals surface area contributed by atoms with Crippen molar-refractivity contribution in [2.75, 3.05) is 13.7 Å². The first-order valence-corrected chi connectivity index (χ1v) is 6.46. The first-order chi connectivity index (χ1) is 10.7. The molecule has 114 valence electrons. The van der Waals surface area contributed by atoms with E-state index in [-0.39, 0.29) is 12.3 Å². The molecule has 2 amide bonds. The first-order valence-electron chi connectivity index (χ1n) is 6.46. The summed E-state index contributed by atoms with van der Waals surface area (Å²) in [5.74, 6) is -0.0136. The number of nitrogens with one attached hydrogen (secondary N) is 2. The summed E-state index contributed by atoms with van der Waals surface area (Å²) in [5, 5.41) is 6.21. The summed E-state index contributed by atoms with van der Waals surface area (Å²) in [5.41, 5.74) is 3.12. The fourth-order valence-electron chi connectivity index (χ4n) is 1.56. The highest BCUT2D eigenvalue weighted by Crippen LogP contribution is 2.09. The molecule has 2 aromatic rings. The van der Waals surface area contributed by atoms with Gasteiger partial charge in [-0.3, -0.25) is 9.59 Å². The Morgan fingerprint density at radius 3 is 2.68 bits per heavy atom. The molecule has 0 aliphatic carbocycles. The van der Waals surface area contributed by atoms with Gasteiger partial charge in [0, 0.05) is 0 Å². The van der Waals surface area contributed by atoms with Crippen LogP contribution in [0.1, 0.15) is 16.1 Å². The summed E-state index contributed by atoms with van der Waals surface area (Å²) in [6, 6.07) is 10.3. The number of hydrazone groups is 1. The Morgan fingerprint density at radius 1 is 1.27 bits per heavy atom. The van der Waals surface area contributed by atoms with E-state index in [0.29, 0.717) is 0 Å². The average Bonchev–Trinajstić information content (AvgIpc) is 3.08. The molecule has 7 heteroatoms. The largest absolute Gasteiger partial charge is 0.497 e. The van der Waals surface area contributed by atoms with Gasteiger partial charge in [0.25, 0.3) is 11.8 Å². The third-order valence-electron chi connectivity index (χ3n) is 2.67. The topological polar surface area (TPSA) is 92.9 Å². The van der Waals surface area contributed by atoms with E-state index >= 15 is 0 Å². The van der Waals surface area contributed by atoms with Crippen LogP contribution < -0.4 is 15.5 Å². The number of hydrogen-bond donors (Lipinski definition) is 2. The fourth-order valence-corrected chi connectivity index (χ4v) is 1.56. The molecular weight excluding hydrogens is 286 g/mol. The fraction of sp³-hybridized carbons (Fsp3) is 0.133. The Labute approximate surface area is 127 Å². The van der Waals surface area contributed by atoms with Crippen LogP contribution in [0.5, 0.6) is 5.75 Å². The molecule has 7 nitrogen and oxygen atoms in total. The van der Waals surface area contributed by atoms with E-state index in [1.807, 2.05) is 0 Å². The molecule has 1 heterocycles. The maximum Gasteiger partial charge on any atom is 0.287 e. The van der Waals surface area contributed by atoms with Crippen LogP contribution in [0.2, 0.25) is 0 Å². The van der Waals surface area contributed by atoms with Gasteiger partial charge in [-0.2, -0.15) is 5.10 Å². The van der Waals surface area contributed by atoms with E-state index < -0.39 is 11.8 Å². The number of hydrogen-bond acceptors (Lipinski definition) is 5. The van der Waals surface area contributed by atoms with Crippen molar-refractivity contribution in [1.82, 2.24) is 10.7 Å². The smallest absolute Gasteiger partial charge is 0.287 e. The van der Waals surface area contributed by atoms with E-state index in [1.165, 1.54) is 18.5 Å². The van der Waals surface area contributed by atoms with Gasteiger partial charge in [0.15, 0.2) is 5.76 Å². The second kappa shape index (κ2) is 7.63. The molecule has 2 N–H and O–H groups in total. The van der Waals surface area contributed by atoms with Crippen LogP contribution >= 0.6 is 0 Å². The van der Waals surface area contributed by atoms with E-state index in [1.54, 1.807) is 37.4 Å². The zero-order chi connectivity index (χ0) is 15.8. The Balaban J connectivity index is 1.75. The van der Waals surface area contributed by atoms with Gasteiger partial charge >= 0.3 is 0 Å². The summed E-state index contributed by atoms with van der Waals surface area (Å²) >= 11 is 0. The van der Waals surface area contributed by atoms with Crippen molar-refractivity contribution in [2.45, 2.75) is 0 Å². The third kappa shape index (κ3) is 4.48. The molecule has 0 saturated heterocycles. The monoisotopic (exact) mass is 301 g/mol. The molecule has 0 spiro atoms. The maximum absolute atomic E-state index is 11.5. The Bertz CT molecular complexity index is 648. The lowest BCUT2D eigenvalue weighted by molar-refractivity contribution is -0.120. The molecular formula is C15H15N3O4. The van der Waals surface area contributed by atoms with E-state index in [2.05, 4.69) is 15.8 Å². The zero-order valence-electron chi connectivity index (χ0n) is 11.9. The molecule has 0 bridgehead atoms. The molecule has 0 saturated carbocycles. The molecule has 2 rings (SSSR count). The number of benzene rings is 1. The summed E-state index contributed by atoms with van der Waals surface area (Å²) in [6.07, 6.45) is 2.87. The van der Waals surface area contributed by atoms with Crippen molar-refractivity contribution in [3.8, 4) is 5.75 Å². The van der Waals surface area contributed by atoms with Gasteiger partial charge in [0.1, 0.15) is 5.75 Å². The molecule has 0 atom stereocenters. The minimum absolute atomic E-state index is 0.148. The van der Waals surface area contributed by atoms with Crippen LogP contribution in [0.25, 0.3) is 0 Å². The molecule has 0 aliphatic rings. The van der Waals surface area contributed by atoms with E-state index in [4.69, 9.17) is 9.15 Å². The number of rotatable bonds is 6. The minimum atomic E-state index is -0.459. The predicted molar refractivity (Wildman–Crippen MR) is 79.8 cm³/mol. The van der Waals surface area contributed by atoms with Gasteiger partial charge < -0.3 is 14.5 Å². The zero-order valence-corrected chi connectivity index (χ0v) is 11.9. The van der Waals surface area contributed by atoms with Crippen molar-refractivity contribution in [1.29, 1.82) is 0 Å². The number of nitrogens with zero attached hydrogens (tertiary/aromatic N) is 1. The lowest BCUT2D eigenvalue weighted by atomic mass is 10.2. The van der Waals surface area contributed by atoms with Crippen LogP contribution in [-0.2, 0) is 4.79 Å². The number of carbonyl (C=O) groups excluding carboxylic acids is 2. The van der Waals surface area contributed by atoms with Gasteiger partial charge in [-0.1, -0.05) is 0 Å². The van der Waals surface area contributed by atoms with Crippen molar-refractivity contribution in [2.24, 2.45) is 5.10 Å². The summed E-state index contributed by atoms with van der Waals surface area (Å²) in [6.45, 7) is -0.195. The number of furan rings is 1. The maximum atomic E-state index is 11.5. The van der Waals surface area contributed by atoms with Crippen molar-refractivity contribution in [3.05, 3.63) is 54.0 Å². The van der Waals surface area contributed by atoms with Gasteiger partial charge in [-0.25, -0.2) is 5.43 Å². The van der Waals surface area contributed by atoms with Gasteiger partial charge in [-0.05, 0) is 42.0 Å². The minimum Gasteiger partial charge on any atom is -0.497 e. The lowest BCUT2D eigenvalue weighted by Gasteiger charge is -2.02. The van der Waals surface area contributed by atoms with Crippen molar-refractivity contribution >= 4 is 18.0 Å². The summed E-state index contributed by atoms with van der Waals surface area (Å²) in [4.78, 5) is 23.0. The van der Waals surface area contributed by atoms with Crippen molar-refractivity contribution in [3.63, 3.8) is 0 Å². The normalized spacial score (nSPS) is 10.4. The molecule has 1 aromatic heterocycles. The molecule has 1 aromatic carbocycles. The van der Waals surface area contributed by atoms with Crippen LogP contribution in [0.3, 0.4) is 0 Å². The summed E-state index contributed by atoms with van der Waals surface area (Å²) < 4.78 is 9.94. The van der Waals surface area contributed by atoms with Gasteiger partial charge in [0.2, 0.25) is 0 Å². The highest BCUT2D eigenvalue weighted by Gasteiger charge is 2.09. The Morgan fingerprint density at radius 2 is 2.05 bits per heavy atom. The quantitative estimate of drug-likeness (QED) is 0.618. The molecule has 0 aliphatic heterocycles. The SMILES string of the molecule is COc1ccc(/C=N/NC(=O)CNC(=O)c2ccco2)cc1. The molecule has 0 unspecified atom stereocenters. The van der Waals surface area contributed by atoms with Crippen LogP contribution in [0.4, 0.5) is 0 Å². The highest BCUT2D eigenvalue weighted by molar-refractivity contribution is 5.94. The number of carbonyl (C=O) groups is 2. The molecule has 22 heavy (non-hydrogen) atoms. The van der Waals surface area contributed by atoms with E-state index in [0.717, 1.165) is 11.3 Å². The number of methoxy groups -OCH3 is 1. The lowest BCUT2D eigenvalue weighted by Crippen LogP contribution is -2.34. The summed E-state index contributed by atoms with van der Waals surface area (Å²) in [7, 11) is 1.58. The Hall–Kier alpha value is -3.09. The highest BCUT2D eigenvalue weighted by atomic mass is 16.5. The second-order valence-electron chi connectivity index (χ2n) is 4.23. The first kappa shape index (κ1) is 15.3. The molecule has 0 fully saturated rings.